The zero-order valence-electron chi connectivity index (χ0n) is 10.2. The van der Waals surface area contributed by atoms with Gasteiger partial charge in [-0.2, -0.15) is 0 Å². The molecule has 0 spiro atoms. The van der Waals surface area contributed by atoms with Crippen LogP contribution in [0.3, 0.4) is 0 Å². The molecule has 0 saturated carbocycles. The Hall–Kier alpha value is -2.00. The van der Waals surface area contributed by atoms with Crippen molar-refractivity contribution in [3.8, 4) is 0 Å². The average Bonchev–Trinajstić information content (AvgIpc) is 2.43. The molecule has 0 unspecified atom stereocenters. The molecule has 0 bridgehead atoms. The monoisotopic (exact) mass is 312 g/mol. The molecule has 3 aromatic carbocycles. The fourth-order valence-electron chi connectivity index (χ4n) is 2.06. The minimum atomic E-state index is 0.733. The van der Waals surface area contributed by atoms with Gasteiger partial charge in [-0.1, -0.05) is 46.3 Å². The molecule has 0 saturated heterocycles. The Morgan fingerprint density at radius 2 is 1.63 bits per heavy atom. The number of hydrogen-bond donors (Lipinski definition) is 2. The third-order valence-electron chi connectivity index (χ3n) is 3.04. The number of nitrogen functional groups attached to an aromatic ring is 1. The quantitative estimate of drug-likeness (QED) is 0.658. The maximum absolute atomic E-state index is 5.97. The highest BCUT2D eigenvalue weighted by atomic mass is 79.9. The maximum Gasteiger partial charge on any atom is 0.0629 e. The van der Waals surface area contributed by atoms with E-state index in [-0.39, 0.29) is 0 Å². The number of benzene rings is 3. The van der Waals surface area contributed by atoms with E-state index in [1.165, 1.54) is 10.8 Å². The summed E-state index contributed by atoms with van der Waals surface area (Å²) < 4.78 is 1.00. The molecule has 0 aromatic heterocycles. The fraction of sp³-hybridized carbons (Fsp3) is 0. The number of nitrogens with two attached hydrogens (primary N) is 1. The van der Waals surface area contributed by atoms with Gasteiger partial charge in [-0.25, -0.2) is 0 Å². The predicted octanol–water partition coefficient (Wildman–Crippen LogP) is 4.93. The van der Waals surface area contributed by atoms with E-state index in [9.17, 15) is 0 Å². The van der Waals surface area contributed by atoms with Crippen LogP contribution in [0, 0.1) is 0 Å². The second kappa shape index (κ2) is 4.94. The number of anilines is 3. The Morgan fingerprint density at radius 3 is 2.47 bits per heavy atom. The second-order valence-electron chi connectivity index (χ2n) is 4.42. The molecule has 0 fully saturated rings. The summed E-state index contributed by atoms with van der Waals surface area (Å²) >= 11 is 3.45. The molecular weight excluding hydrogens is 300 g/mol. The minimum absolute atomic E-state index is 0.733. The zero-order valence-corrected chi connectivity index (χ0v) is 11.8. The minimum Gasteiger partial charge on any atom is -0.397 e. The van der Waals surface area contributed by atoms with Gasteiger partial charge in [0.25, 0.3) is 0 Å². The van der Waals surface area contributed by atoms with E-state index in [4.69, 9.17) is 5.73 Å². The number of hydrogen-bond acceptors (Lipinski definition) is 2. The van der Waals surface area contributed by atoms with Crippen molar-refractivity contribution < 1.29 is 0 Å². The molecule has 0 amide bonds. The van der Waals surface area contributed by atoms with Crippen LogP contribution in [0.5, 0.6) is 0 Å². The molecule has 3 N–H and O–H groups in total. The lowest BCUT2D eigenvalue weighted by Crippen LogP contribution is -1.96. The Labute approximate surface area is 120 Å². The lowest BCUT2D eigenvalue weighted by atomic mass is 10.1. The van der Waals surface area contributed by atoms with E-state index >= 15 is 0 Å². The van der Waals surface area contributed by atoms with Crippen LogP contribution >= 0.6 is 15.9 Å². The lowest BCUT2D eigenvalue weighted by Gasteiger charge is -2.10. The van der Waals surface area contributed by atoms with Crippen LogP contribution in [0.4, 0.5) is 17.1 Å². The topological polar surface area (TPSA) is 38.0 Å². The van der Waals surface area contributed by atoms with Crippen molar-refractivity contribution in [3.63, 3.8) is 0 Å². The smallest absolute Gasteiger partial charge is 0.0629 e. The molecule has 0 aliphatic heterocycles. The Kier molecular flexibility index (Phi) is 3.13. The Morgan fingerprint density at radius 1 is 0.842 bits per heavy atom. The van der Waals surface area contributed by atoms with E-state index in [2.05, 4.69) is 51.6 Å². The summed E-state index contributed by atoms with van der Waals surface area (Å²) in [5, 5.41) is 5.79. The van der Waals surface area contributed by atoms with Gasteiger partial charge in [-0.15, -0.1) is 0 Å². The third-order valence-corrected chi connectivity index (χ3v) is 3.54. The summed E-state index contributed by atoms with van der Waals surface area (Å²) in [5.74, 6) is 0. The van der Waals surface area contributed by atoms with Crippen molar-refractivity contribution in [3.05, 3.63) is 65.1 Å². The first-order valence-electron chi connectivity index (χ1n) is 6.03. The van der Waals surface area contributed by atoms with Crippen LogP contribution in [0.1, 0.15) is 0 Å². The van der Waals surface area contributed by atoms with E-state index < -0.39 is 0 Å². The van der Waals surface area contributed by atoms with Gasteiger partial charge in [0.1, 0.15) is 0 Å². The van der Waals surface area contributed by atoms with Gasteiger partial charge in [0.15, 0.2) is 0 Å². The molecule has 0 aliphatic rings. The summed E-state index contributed by atoms with van der Waals surface area (Å²) in [5.41, 5.74) is 8.64. The van der Waals surface area contributed by atoms with E-state index in [0.717, 1.165) is 21.5 Å². The molecule has 94 valence electrons. The third kappa shape index (κ3) is 2.56. The van der Waals surface area contributed by atoms with Crippen LogP contribution in [-0.2, 0) is 0 Å². The summed E-state index contributed by atoms with van der Waals surface area (Å²) in [7, 11) is 0. The molecule has 19 heavy (non-hydrogen) atoms. The summed E-state index contributed by atoms with van der Waals surface area (Å²) in [6.07, 6.45) is 0. The number of nitrogens with one attached hydrogen (secondary N) is 1. The highest BCUT2D eigenvalue weighted by molar-refractivity contribution is 9.10. The van der Waals surface area contributed by atoms with Crippen LogP contribution in [0.15, 0.2) is 65.1 Å². The molecule has 2 nitrogen and oxygen atoms in total. The lowest BCUT2D eigenvalue weighted by molar-refractivity contribution is 1.54. The van der Waals surface area contributed by atoms with Gasteiger partial charge >= 0.3 is 0 Å². The highest BCUT2D eigenvalue weighted by Gasteiger charge is 2.01. The average molecular weight is 313 g/mol. The number of fused-ring (bicyclic) bond motifs is 1. The van der Waals surface area contributed by atoms with Crippen molar-refractivity contribution in [2.75, 3.05) is 11.1 Å². The molecule has 3 heteroatoms. The molecule has 0 heterocycles. The first kappa shape index (κ1) is 12.1. The second-order valence-corrected chi connectivity index (χ2v) is 5.33. The zero-order chi connectivity index (χ0) is 13.2. The van der Waals surface area contributed by atoms with Gasteiger partial charge in [0, 0.05) is 10.2 Å². The summed E-state index contributed by atoms with van der Waals surface area (Å²) in [6, 6.07) is 20.4. The Bertz CT molecular complexity index is 738. The van der Waals surface area contributed by atoms with Crippen molar-refractivity contribution in [1.82, 2.24) is 0 Å². The van der Waals surface area contributed by atoms with Crippen LogP contribution in [0.25, 0.3) is 10.8 Å². The van der Waals surface area contributed by atoms with Gasteiger partial charge in [0.2, 0.25) is 0 Å². The Balaban J connectivity index is 1.98. The molecular formula is C16H13BrN2. The summed E-state index contributed by atoms with van der Waals surface area (Å²) in [4.78, 5) is 0. The van der Waals surface area contributed by atoms with Crippen LogP contribution in [-0.4, -0.2) is 0 Å². The molecule has 0 radical (unpaired) electrons. The van der Waals surface area contributed by atoms with E-state index in [1.807, 2.05) is 30.3 Å². The van der Waals surface area contributed by atoms with Gasteiger partial charge in [0.05, 0.1) is 11.4 Å². The SMILES string of the molecule is Nc1ccc(Br)cc1Nc1ccc2ccccc2c1. The highest BCUT2D eigenvalue weighted by Crippen LogP contribution is 2.28. The molecule has 3 rings (SSSR count). The fourth-order valence-corrected chi connectivity index (χ4v) is 2.42. The normalized spacial score (nSPS) is 10.6. The van der Waals surface area contributed by atoms with Gasteiger partial charge < -0.3 is 11.1 Å². The molecule has 0 aliphatic carbocycles. The first-order valence-corrected chi connectivity index (χ1v) is 6.82. The van der Waals surface area contributed by atoms with Crippen molar-refractivity contribution in [2.45, 2.75) is 0 Å². The van der Waals surface area contributed by atoms with Crippen molar-refractivity contribution >= 4 is 43.8 Å². The largest absolute Gasteiger partial charge is 0.397 e. The van der Waals surface area contributed by atoms with E-state index in [1.54, 1.807) is 0 Å². The van der Waals surface area contributed by atoms with Gasteiger partial charge in [-0.3, -0.25) is 0 Å². The van der Waals surface area contributed by atoms with Crippen LogP contribution in [0.2, 0.25) is 0 Å². The standard InChI is InChI=1S/C16H13BrN2/c17-13-6-8-15(18)16(10-13)19-14-7-5-11-3-1-2-4-12(11)9-14/h1-10,19H,18H2. The van der Waals surface area contributed by atoms with E-state index in [0.29, 0.717) is 0 Å². The first-order chi connectivity index (χ1) is 9.22. The predicted molar refractivity (Wildman–Crippen MR) is 85.8 cm³/mol. The summed E-state index contributed by atoms with van der Waals surface area (Å²) in [6.45, 7) is 0. The number of halogens is 1. The van der Waals surface area contributed by atoms with Gasteiger partial charge in [-0.05, 0) is 41.1 Å². The van der Waals surface area contributed by atoms with Crippen LogP contribution < -0.4 is 11.1 Å². The molecule has 3 aromatic rings. The maximum atomic E-state index is 5.97. The van der Waals surface area contributed by atoms with Crippen molar-refractivity contribution in [1.29, 1.82) is 0 Å². The number of rotatable bonds is 2. The molecule has 0 atom stereocenters. The van der Waals surface area contributed by atoms with Crippen molar-refractivity contribution in [2.24, 2.45) is 0 Å².